The number of hydrogen-bond acceptors (Lipinski definition) is 2. The molecule has 0 amide bonds. The summed E-state index contributed by atoms with van der Waals surface area (Å²) in [5, 5.41) is 0. The first-order valence-electron chi connectivity index (χ1n) is 5.09. The molecule has 2 nitrogen and oxygen atoms in total. The van der Waals surface area contributed by atoms with Gasteiger partial charge in [-0.3, -0.25) is 9.69 Å². The quantitative estimate of drug-likeness (QED) is 0.654. The van der Waals surface area contributed by atoms with E-state index in [2.05, 4.69) is 25.7 Å². The maximum atomic E-state index is 11.4. The summed E-state index contributed by atoms with van der Waals surface area (Å²) in [4.78, 5) is 13.6. The van der Waals surface area contributed by atoms with Crippen molar-refractivity contribution < 1.29 is 4.79 Å². The third-order valence-corrected chi connectivity index (χ3v) is 2.71. The first-order valence-corrected chi connectivity index (χ1v) is 5.09. The lowest BCUT2D eigenvalue weighted by Gasteiger charge is -2.27. The minimum Gasteiger partial charge on any atom is -0.298 e. The third-order valence-electron chi connectivity index (χ3n) is 2.71. The molecule has 1 unspecified atom stereocenters. The number of likely N-dealkylation sites (N-methyl/N-ethyl adjacent to an activating group) is 1. The van der Waals surface area contributed by atoms with Crippen LogP contribution in [0.1, 0.15) is 34.6 Å². The Bertz CT molecular complexity index is 163. The molecule has 0 saturated heterocycles. The zero-order valence-electron chi connectivity index (χ0n) is 9.79. The van der Waals surface area contributed by atoms with Gasteiger partial charge >= 0.3 is 0 Å². The summed E-state index contributed by atoms with van der Waals surface area (Å²) in [6.45, 7) is 11.0. The van der Waals surface area contributed by atoms with Crippen molar-refractivity contribution in [3.8, 4) is 0 Å². The number of rotatable bonds is 5. The van der Waals surface area contributed by atoms with Crippen LogP contribution in [-0.2, 0) is 4.79 Å². The number of Topliss-reactive ketones (excluding diaryl/α,β-unsaturated/α-hetero) is 1. The molecule has 0 aromatic heterocycles. The Morgan fingerprint density at radius 1 is 1.15 bits per heavy atom. The zero-order chi connectivity index (χ0) is 10.6. The molecule has 0 heterocycles. The molecule has 0 fully saturated rings. The normalized spacial score (nSPS) is 14.2. The van der Waals surface area contributed by atoms with Crippen molar-refractivity contribution in [3.63, 3.8) is 0 Å². The fourth-order valence-corrected chi connectivity index (χ4v) is 1.08. The Hall–Kier alpha value is -0.370. The van der Waals surface area contributed by atoms with Gasteiger partial charge in [0.25, 0.3) is 0 Å². The van der Waals surface area contributed by atoms with Crippen molar-refractivity contribution in [2.45, 2.75) is 40.7 Å². The second-order valence-corrected chi connectivity index (χ2v) is 4.52. The maximum Gasteiger partial charge on any atom is 0.149 e. The predicted octanol–water partition coefficient (Wildman–Crippen LogP) is 2.19. The van der Waals surface area contributed by atoms with Gasteiger partial charge in [-0.1, -0.05) is 27.7 Å². The average Bonchev–Trinajstić information content (AvgIpc) is 2.02. The van der Waals surface area contributed by atoms with E-state index in [0.717, 1.165) is 0 Å². The predicted molar refractivity (Wildman–Crippen MR) is 56.8 cm³/mol. The topological polar surface area (TPSA) is 20.3 Å². The summed E-state index contributed by atoms with van der Waals surface area (Å²) in [6.07, 6.45) is 0. The van der Waals surface area contributed by atoms with Gasteiger partial charge in [-0.2, -0.15) is 0 Å². The number of ketones is 1. The van der Waals surface area contributed by atoms with Crippen molar-refractivity contribution >= 4 is 5.78 Å². The van der Waals surface area contributed by atoms with E-state index in [0.29, 0.717) is 24.3 Å². The SMILES string of the molecule is CC(C)C(=O)CN(C)C(C)C(C)C. The molecule has 0 spiro atoms. The van der Waals surface area contributed by atoms with E-state index in [4.69, 9.17) is 0 Å². The van der Waals surface area contributed by atoms with Crippen LogP contribution in [0.4, 0.5) is 0 Å². The van der Waals surface area contributed by atoms with Gasteiger partial charge in [0.05, 0.1) is 6.54 Å². The van der Waals surface area contributed by atoms with E-state index in [1.54, 1.807) is 0 Å². The van der Waals surface area contributed by atoms with Crippen LogP contribution in [0.25, 0.3) is 0 Å². The number of hydrogen-bond donors (Lipinski definition) is 0. The van der Waals surface area contributed by atoms with Gasteiger partial charge in [0.1, 0.15) is 5.78 Å². The van der Waals surface area contributed by atoms with Crippen LogP contribution >= 0.6 is 0 Å². The molecule has 0 rings (SSSR count). The second kappa shape index (κ2) is 5.38. The molecular weight excluding hydrogens is 162 g/mol. The molecule has 0 bridgehead atoms. The van der Waals surface area contributed by atoms with Crippen LogP contribution in [0.3, 0.4) is 0 Å². The fraction of sp³-hybridized carbons (Fsp3) is 0.909. The van der Waals surface area contributed by atoms with Crippen LogP contribution in [0.15, 0.2) is 0 Å². The maximum absolute atomic E-state index is 11.4. The molecule has 0 aromatic carbocycles. The number of carbonyl (C=O) groups excluding carboxylic acids is 1. The first-order chi connectivity index (χ1) is 5.86. The van der Waals surface area contributed by atoms with Crippen LogP contribution < -0.4 is 0 Å². The molecule has 0 N–H and O–H groups in total. The van der Waals surface area contributed by atoms with E-state index in [-0.39, 0.29) is 5.92 Å². The molecule has 13 heavy (non-hydrogen) atoms. The van der Waals surface area contributed by atoms with E-state index < -0.39 is 0 Å². The summed E-state index contributed by atoms with van der Waals surface area (Å²) >= 11 is 0. The van der Waals surface area contributed by atoms with Crippen molar-refractivity contribution in [3.05, 3.63) is 0 Å². The largest absolute Gasteiger partial charge is 0.298 e. The van der Waals surface area contributed by atoms with Crippen LogP contribution in [0.2, 0.25) is 0 Å². The molecule has 0 aliphatic heterocycles. The van der Waals surface area contributed by atoms with Crippen molar-refractivity contribution in [1.82, 2.24) is 4.90 Å². The van der Waals surface area contributed by atoms with E-state index in [1.807, 2.05) is 20.9 Å². The lowest BCUT2D eigenvalue weighted by atomic mass is 10.0. The van der Waals surface area contributed by atoms with E-state index in [9.17, 15) is 4.79 Å². The van der Waals surface area contributed by atoms with Crippen LogP contribution in [0.5, 0.6) is 0 Å². The number of nitrogens with zero attached hydrogens (tertiary/aromatic N) is 1. The smallest absolute Gasteiger partial charge is 0.149 e. The minimum absolute atomic E-state index is 0.154. The summed E-state index contributed by atoms with van der Waals surface area (Å²) in [6, 6.07) is 0.475. The fourth-order valence-electron chi connectivity index (χ4n) is 1.08. The molecule has 0 aliphatic rings. The highest BCUT2D eigenvalue weighted by Gasteiger charge is 2.17. The van der Waals surface area contributed by atoms with Crippen molar-refractivity contribution in [2.24, 2.45) is 11.8 Å². The van der Waals surface area contributed by atoms with Gasteiger partial charge < -0.3 is 0 Å². The standard InChI is InChI=1S/C11H23NO/c1-8(2)10(5)12(6)7-11(13)9(3)4/h8-10H,7H2,1-6H3. The van der Waals surface area contributed by atoms with E-state index >= 15 is 0 Å². The van der Waals surface area contributed by atoms with Gasteiger partial charge in [-0.25, -0.2) is 0 Å². The summed E-state index contributed by atoms with van der Waals surface area (Å²) in [5.41, 5.74) is 0. The Morgan fingerprint density at radius 3 is 1.92 bits per heavy atom. The van der Waals surface area contributed by atoms with Gasteiger partial charge in [0.15, 0.2) is 0 Å². The highest BCUT2D eigenvalue weighted by Crippen LogP contribution is 2.08. The summed E-state index contributed by atoms with van der Waals surface area (Å²) in [5.74, 6) is 1.08. The van der Waals surface area contributed by atoms with Gasteiger partial charge in [-0.05, 0) is 19.9 Å². The molecule has 2 heteroatoms. The van der Waals surface area contributed by atoms with Gasteiger partial charge in [-0.15, -0.1) is 0 Å². The first kappa shape index (κ1) is 12.6. The third kappa shape index (κ3) is 4.41. The molecule has 0 aromatic rings. The molecule has 0 aliphatic carbocycles. The minimum atomic E-state index is 0.154. The number of carbonyl (C=O) groups is 1. The lowest BCUT2D eigenvalue weighted by Crippen LogP contribution is -2.38. The monoisotopic (exact) mass is 185 g/mol. The molecule has 0 radical (unpaired) electrons. The second-order valence-electron chi connectivity index (χ2n) is 4.52. The van der Waals surface area contributed by atoms with Gasteiger partial charge in [0.2, 0.25) is 0 Å². The molecule has 0 saturated carbocycles. The average molecular weight is 185 g/mol. The Labute approximate surface area is 82.3 Å². The lowest BCUT2D eigenvalue weighted by molar-refractivity contribution is -0.123. The van der Waals surface area contributed by atoms with E-state index in [1.165, 1.54) is 0 Å². The Balaban J connectivity index is 4.00. The van der Waals surface area contributed by atoms with Crippen LogP contribution in [-0.4, -0.2) is 30.3 Å². The Kier molecular flexibility index (Phi) is 5.23. The Morgan fingerprint density at radius 2 is 1.62 bits per heavy atom. The molecular formula is C11H23NO. The summed E-state index contributed by atoms with van der Waals surface area (Å²) < 4.78 is 0. The highest BCUT2D eigenvalue weighted by atomic mass is 16.1. The molecule has 1 atom stereocenters. The zero-order valence-corrected chi connectivity index (χ0v) is 9.79. The molecule has 78 valence electrons. The van der Waals surface area contributed by atoms with Crippen molar-refractivity contribution in [2.75, 3.05) is 13.6 Å². The highest BCUT2D eigenvalue weighted by molar-refractivity contribution is 5.82. The van der Waals surface area contributed by atoms with Crippen LogP contribution in [0, 0.1) is 11.8 Å². The van der Waals surface area contributed by atoms with Crippen molar-refractivity contribution in [1.29, 1.82) is 0 Å². The van der Waals surface area contributed by atoms with Gasteiger partial charge in [0, 0.05) is 12.0 Å². The summed E-state index contributed by atoms with van der Waals surface area (Å²) in [7, 11) is 2.02.